The van der Waals surface area contributed by atoms with Crippen LogP contribution in [0, 0.1) is 0 Å². The third kappa shape index (κ3) is 3.15. The molecule has 4 heteroatoms. The number of carbonyl (C=O) groups excluding carboxylic acids is 1. The smallest absolute Gasteiger partial charge is 0.261 e. The molecule has 2 aromatic rings. The van der Waals surface area contributed by atoms with Gasteiger partial charge in [0.05, 0.1) is 11.5 Å². The first-order chi connectivity index (χ1) is 9.26. The van der Waals surface area contributed by atoms with E-state index in [-0.39, 0.29) is 5.91 Å². The number of thiophene rings is 1. The average molecular weight is 275 g/mol. The van der Waals surface area contributed by atoms with Crippen LogP contribution in [0.3, 0.4) is 0 Å². The highest BCUT2D eigenvalue weighted by Crippen LogP contribution is 2.34. The summed E-state index contributed by atoms with van der Waals surface area (Å²) >= 11 is 1.48. The monoisotopic (exact) mass is 275 g/mol. The molecule has 1 aromatic carbocycles. The predicted octanol–water partition coefficient (Wildman–Crippen LogP) is 3.56. The molecule has 0 radical (unpaired) electrons. The van der Waals surface area contributed by atoms with Gasteiger partial charge in [-0.15, -0.1) is 11.3 Å². The standard InChI is InChI=1S/C15H17NO2S/c1-3-16-15(17)14-10-9-13(19-14)11-7-5-6-8-12(11)18-4-2/h5-10H,3-4H2,1-2H3,(H,16,17). The van der Waals surface area contributed by atoms with Crippen molar-refractivity contribution in [2.24, 2.45) is 0 Å². The van der Waals surface area contributed by atoms with Crippen molar-refractivity contribution in [2.75, 3.05) is 13.2 Å². The lowest BCUT2D eigenvalue weighted by Crippen LogP contribution is -2.21. The van der Waals surface area contributed by atoms with Crippen LogP contribution < -0.4 is 10.1 Å². The highest BCUT2D eigenvalue weighted by Gasteiger charge is 2.12. The van der Waals surface area contributed by atoms with E-state index in [0.29, 0.717) is 13.2 Å². The van der Waals surface area contributed by atoms with Crippen molar-refractivity contribution in [1.82, 2.24) is 5.32 Å². The molecule has 0 bridgehead atoms. The molecule has 0 spiro atoms. The van der Waals surface area contributed by atoms with Gasteiger partial charge in [-0.05, 0) is 38.1 Å². The van der Waals surface area contributed by atoms with Crippen LogP contribution in [-0.4, -0.2) is 19.1 Å². The number of amides is 1. The minimum absolute atomic E-state index is 0.0207. The van der Waals surface area contributed by atoms with E-state index in [1.807, 2.05) is 50.2 Å². The van der Waals surface area contributed by atoms with Gasteiger partial charge in [-0.2, -0.15) is 0 Å². The summed E-state index contributed by atoms with van der Waals surface area (Å²) in [5.41, 5.74) is 1.03. The van der Waals surface area contributed by atoms with Crippen LogP contribution in [0.25, 0.3) is 10.4 Å². The van der Waals surface area contributed by atoms with Gasteiger partial charge < -0.3 is 10.1 Å². The Labute approximate surface area is 117 Å². The number of ether oxygens (including phenoxy) is 1. The molecule has 1 amide bonds. The first-order valence-electron chi connectivity index (χ1n) is 6.36. The maximum atomic E-state index is 11.8. The van der Waals surface area contributed by atoms with Crippen LogP contribution in [0.2, 0.25) is 0 Å². The quantitative estimate of drug-likeness (QED) is 0.906. The Bertz CT molecular complexity index is 563. The van der Waals surface area contributed by atoms with Crippen LogP contribution in [-0.2, 0) is 0 Å². The fraction of sp³-hybridized carbons (Fsp3) is 0.267. The zero-order chi connectivity index (χ0) is 13.7. The molecule has 0 saturated carbocycles. The molecule has 100 valence electrons. The Morgan fingerprint density at radius 2 is 2.00 bits per heavy atom. The van der Waals surface area contributed by atoms with Gasteiger partial charge >= 0.3 is 0 Å². The van der Waals surface area contributed by atoms with Crippen LogP contribution in [0.4, 0.5) is 0 Å². The molecule has 1 N–H and O–H groups in total. The second-order valence-electron chi connectivity index (χ2n) is 3.95. The first kappa shape index (κ1) is 13.6. The maximum Gasteiger partial charge on any atom is 0.261 e. The molecule has 3 nitrogen and oxygen atoms in total. The van der Waals surface area contributed by atoms with Gasteiger partial charge in [-0.3, -0.25) is 4.79 Å². The van der Waals surface area contributed by atoms with Gasteiger partial charge in [0, 0.05) is 17.0 Å². The summed E-state index contributed by atoms with van der Waals surface area (Å²) in [4.78, 5) is 13.5. The van der Waals surface area contributed by atoms with E-state index >= 15 is 0 Å². The third-order valence-corrected chi connectivity index (χ3v) is 3.74. The number of hydrogen-bond donors (Lipinski definition) is 1. The van der Waals surface area contributed by atoms with E-state index in [2.05, 4.69) is 5.32 Å². The molecule has 0 aliphatic carbocycles. The summed E-state index contributed by atoms with van der Waals surface area (Å²) < 4.78 is 5.61. The van der Waals surface area contributed by atoms with E-state index in [4.69, 9.17) is 4.74 Å². The predicted molar refractivity (Wildman–Crippen MR) is 78.9 cm³/mol. The van der Waals surface area contributed by atoms with E-state index < -0.39 is 0 Å². The molecule has 0 aliphatic rings. The van der Waals surface area contributed by atoms with E-state index in [1.54, 1.807) is 0 Å². The Balaban J connectivity index is 2.30. The van der Waals surface area contributed by atoms with Crippen molar-refractivity contribution in [2.45, 2.75) is 13.8 Å². The van der Waals surface area contributed by atoms with Gasteiger partial charge in [0.1, 0.15) is 5.75 Å². The number of hydrogen-bond acceptors (Lipinski definition) is 3. The summed E-state index contributed by atoms with van der Waals surface area (Å²) in [6, 6.07) is 11.7. The fourth-order valence-electron chi connectivity index (χ4n) is 1.80. The third-order valence-electron chi connectivity index (χ3n) is 2.62. The number of benzene rings is 1. The van der Waals surface area contributed by atoms with E-state index in [9.17, 15) is 4.79 Å². The van der Waals surface area contributed by atoms with Crippen LogP contribution in [0.15, 0.2) is 36.4 Å². The van der Waals surface area contributed by atoms with Crippen LogP contribution >= 0.6 is 11.3 Å². The summed E-state index contributed by atoms with van der Waals surface area (Å²) in [6.07, 6.45) is 0. The second kappa shape index (κ2) is 6.38. The number of nitrogens with one attached hydrogen (secondary N) is 1. The van der Waals surface area contributed by atoms with Gasteiger partial charge in [-0.25, -0.2) is 0 Å². The Morgan fingerprint density at radius 3 is 2.74 bits per heavy atom. The van der Waals surface area contributed by atoms with Crippen molar-refractivity contribution in [3.8, 4) is 16.2 Å². The van der Waals surface area contributed by atoms with Crippen molar-refractivity contribution in [3.05, 3.63) is 41.3 Å². The average Bonchev–Trinajstić information content (AvgIpc) is 2.90. The summed E-state index contributed by atoms with van der Waals surface area (Å²) in [5, 5.41) is 2.81. The Morgan fingerprint density at radius 1 is 1.21 bits per heavy atom. The molecular weight excluding hydrogens is 258 g/mol. The molecule has 0 aliphatic heterocycles. The highest BCUT2D eigenvalue weighted by atomic mass is 32.1. The number of carbonyl (C=O) groups is 1. The number of rotatable bonds is 5. The second-order valence-corrected chi connectivity index (χ2v) is 5.04. The van der Waals surface area contributed by atoms with Gasteiger partial charge in [0.2, 0.25) is 0 Å². The van der Waals surface area contributed by atoms with Gasteiger partial charge in [0.15, 0.2) is 0 Å². The molecule has 0 saturated heterocycles. The van der Waals surface area contributed by atoms with Gasteiger partial charge in [-0.1, -0.05) is 12.1 Å². The maximum absolute atomic E-state index is 11.8. The molecule has 0 atom stereocenters. The summed E-state index contributed by atoms with van der Waals surface area (Å²) in [5.74, 6) is 0.835. The fourth-order valence-corrected chi connectivity index (χ4v) is 2.76. The minimum Gasteiger partial charge on any atom is -0.493 e. The Hall–Kier alpha value is -1.81. The molecule has 2 rings (SSSR count). The largest absolute Gasteiger partial charge is 0.493 e. The van der Waals surface area contributed by atoms with E-state index in [0.717, 1.165) is 21.1 Å². The van der Waals surface area contributed by atoms with Gasteiger partial charge in [0.25, 0.3) is 5.91 Å². The van der Waals surface area contributed by atoms with Crippen molar-refractivity contribution in [3.63, 3.8) is 0 Å². The highest BCUT2D eigenvalue weighted by molar-refractivity contribution is 7.17. The molecule has 19 heavy (non-hydrogen) atoms. The zero-order valence-electron chi connectivity index (χ0n) is 11.1. The molecule has 0 unspecified atom stereocenters. The van der Waals surface area contributed by atoms with Crippen LogP contribution in [0.5, 0.6) is 5.75 Å². The SMILES string of the molecule is CCNC(=O)c1ccc(-c2ccccc2OCC)s1. The zero-order valence-corrected chi connectivity index (χ0v) is 11.9. The minimum atomic E-state index is -0.0207. The lowest BCUT2D eigenvalue weighted by molar-refractivity contribution is 0.0960. The molecule has 1 heterocycles. The molecule has 1 aromatic heterocycles. The topological polar surface area (TPSA) is 38.3 Å². The molecule has 0 fully saturated rings. The lowest BCUT2D eigenvalue weighted by atomic mass is 10.1. The van der Waals surface area contributed by atoms with Crippen molar-refractivity contribution < 1.29 is 9.53 Å². The first-order valence-corrected chi connectivity index (χ1v) is 7.18. The normalized spacial score (nSPS) is 10.2. The summed E-state index contributed by atoms with van der Waals surface area (Å²) in [6.45, 7) is 5.15. The Kier molecular flexibility index (Phi) is 4.58. The van der Waals surface area contributed by atoms with Crippen LogP contribution in [0.1, 0.15) is 23.5 Å². The number of para-hydroxylation sites is 1. The van der Waals surface area contributed by atoms with Crippen molar-refractivity contribution >= 4 is 17.2 Å². The van der Waals surface area contributed by atoms with E-state index in [1.165, 1.54) is 11.3 Å². The molecular formula is C15H17NO2S. The summed E-state index contributed by atoms with van der Waals surface area (Å²) in [7, 11) is 0. The lowest BCUT2D eigenvalue weighted by Gasteiger charge is -2.07. The van der Waals surface area contributed by atoms with Crippen molar-refractivity contribution in [1.29, 1.82) is 0 Å².